The normalized spacial score (nSPS) is 13.0. The number of unbranched alkanes of at least 4 members (excludes halogenated alkanes) is 2. The van der Waals surface area contributed by atoms with Crippen molar-refractivity contribution in [3.63, 3.8) is 0 Å². The summed E-state index contributed by atoms with van der Waals surface area (Å²) in [7, 11) is 0. The average molecular weight is 423 g/mol. The lowest BCUT2D eigenvalue weighted by molar-refractivity contribution is 0.473. The zero-order valence-electron chi connectivity index (χ0n) is 20.6. The fraction of sp³-hybridized carbons (Fsp3) is 0.586. The summed E-state index contributed by atoms with van der Waals surface area (Å²) in [5, 5.41) is 7.27. The topological polar surface area (TPSA) is 24.1 Å². The van der Waals surface area contributed by atoms with E-state index >= 15 is 0 Å². The van der Waals surface area contributed by atoms with E-state index < -0.39 is 0 Å². The highest BCUT2D eigenvalue weighted by Gasteiger charge is 2.07. The lowest BCUT2D eigenvalue weighted by Gasteiger charge is -2.16. The van der Waals surface area contributed by atoms with Crippen molar-refractivity contribution >= 4 is 11.4 Å². The molecule has 0 saturated carbocycles. The maximum absolute atomic E-state index is 3.64. The summed E-state index contributed by atoms with van der Waals surface area (Å²) in [6.45, 7) is 11.3. The highest BCUT2D eigenvalue weighted by Crippen LogP contribution is 2.19. The lowest BCUT2D eigenvalue weighted by Crippen LogP contribution is -2.13. The second kappa shape index (κ2) is 14.9. The van der Waals surface area contributed by atoms with E-state index in [4.69, 9.17) is 0 Å². The van der Waals surface area contributed by atoms with Crippen LogP contribution in [0.25, 0.3) is 0 Å². The van der Waals surface area contributed by atoms with Gasteiger partial charge < -0.3 is 10.6 Å². The molecule has 2 N–H and O–H groups in total. The zero-order chi connectivity index (χ0) is 22.3. The number of rotatable bonds is 16. The van der Waals surface area contributed by atoms with Gasteiger partial charge in [0.05, 0.1) is 0 Å². The molecule has 0 aliphatic carbocycles. The molecule has 2 nitrogen and oxygen atoms in total. The SMILES string of the molecule is CCCCC(CC)CNc1ccc(Cc2ccc(NCC(CC)CCCC)cc2)cc1. The van der Waals surface area contributed by atoms with Gasteiger partial charge in [0.2, 0.25) is 0 Å². The molecule has 2 heteroatoms. The molecule has 0 saturated heterocycles. The molecule has 2 aromatic rings. The van der Waals surface area contributed by atoms with E-state index in [9.17, 15) is 0 Å². The van der Waals surface area contributed by atoms with E-state index in [2.05, 4.69) is 86.9 Å². The van der Waals surface area contributed by atoms with Crippen LogP contribution in [-0.2, 0) is 6.42 Å². The standard InChI is InChI=1S/C29H46N2/c1-5-9-11-24(7-3)22-30-28-17-13-26(14-18-28)21-27-15-19-29(20-16-27)31-23-25(8-4)12-10-6-2/h13-20,24-25,30-31H,5-12,21-23H2,1-4H3. The fourth-order valence-corrected chi connectivity index (χ4v) is 4.13. The first-order valence-electron chi connectivity index (χ1n) is 12.8. The summed E-state index contributed by atoms with van der Waals surface area (Å²) < 4.78 is 0. The Kier molecular flexibility index (Phi) is 12.2. The molecule has 2 aromatic carbocycles. The molecular weight excluding hydrogens is 376 g/mol. The molecule has 0 spiro atoms. The van der Waals surface area contributed by atoms with E-state index in [-0.39, 0.29) is 0 Å². The van der Waals surface area contributed by atoms with Crippen molar-refractivity contribution in [2.24, 2.45) is 11.8 Å². The summed E-state index contributed by atoms with van der Waals surface area (Å²) in [6, 6.07) is 18.0. The number of hydrogen-bond donors (Lipinski definition) is 2. The van der Waals surface area contributed by atoms with Crippen LogP contribution in [0.4, 0.5) is 11.4 Å². The van der Waals surface area contributed by atoms with Gasteiger partial charge in [0.25, 0.3) is 0 Å². The van der Waals surface area contributed by atoms with Gasteiger partial charge in [-0.3, -0.25) is 0 Å². The summed E-state index contributed by atoms with van der Waals surface area (Å²) >= 11 is 0. The molecule has 2 unspecified atom stereocenters. The second-order valence-electron chi connectivity index (χ2n) is 9.17. The third kappa shape index (κ3) is 9.80. The molecule has 0 aliphatic heterocycles. The maximum atomic E-state index is 3.64. The third-order valence-electron chi connectivity index (χ3n) is 6.59. The Bertz CT molecular complexity index is 628. The molecule has 0 amide bonds. The molecule has 0 heterocycles. The van der Waals surface area contributed by atoms with Crippen molar-refractivity contribution < 1.29 is 0 Å². The smallest absolute Gasteiger partial charge is 0.0340 e. The van der Waals surface area contributed by atoms with E-state index in [0.717, 1.165) is 31.3 Å². The van der Waals surface area contributed by atoms with Crippen molar-refractivity contribution in [2.75, 3.05) is 23.7 Å². The summed E-state index contributed by atoms with van der Waals surface area (Å²) in [5.74, 6) is 1.57. The van der Waals surface area contributed by atoms with Crippen LogP contribution < -0.4 is 10.6 Å². The minimum atomic E-state index is 0.783. The van der Waals surface area contributed by atoms with Crippen LogP contribution in [0.3, 0.4) is 0 Å². The number of nitrogens with one attached hydrogen (secondary N) is 2. The largest absolute Gasteiger partial charge is 0.385 e. The van der Waals surface area contributed by atoms with Gasteiger partial charge in [-0.05, 0) is 66.5 Å². The summed E-state index contributed by atoms with van der Waals surface area (Å²) in [6.07, 6.45) is 11.4. The first kappa shape index (κ1) is 25.3. The third-order valence-corrected chi connectivity index (χ3v) is 6.59. The Balaban J connectivity index is 1.79. The first-order valence-corrected chi connectivity index (χ1v) is 12.8. The molecule has 0 bridgehead atoms. The summed E-state index contributed by atoms with van der Waals surface area (Å²) in [4.78, 5) is 0. The Morgan fingerprint density at radius 1 is 0.581 bits per heavy atom. The van der Waals surface area contributed by atoms with Crippen LogP contribution in [0.1, 0.15) is 90.2 Å². The Hall–Kier alpha value is -1.96. The average Bonchev–Trinajstić information content (AvgIpc) is 2.81. The molecule has 172 valence electrons. The predicted molar refractivity (Wildman–Crippen MR) is 139 cm³/mol. The molecule has 0 fully saturated rings. The van der Waals surface area contributed by atoms with Gasteiger partial charge in [0.1, 0.15) is 0 Å². The number of hydrogen-bond acceptors (Lipinski definition) is 2. The lowest BCUT2D eigenvalue weighted by atomic mass is 9.99. The second-order valence-corrected chi connectivity index (χ2v) is 9.17. The Morgan fingerprint density at radius 2 is 0.968 bits per heavy atom. The van der Waals surface area contributed by atoms with E-state index in [0.29, 0.717) is 0 Å². The van der Waals surface area contributed by atoms with Gasteiger partial charge in [-0.15, -0.1) is 0 Å². The Labute approximate surface area is 192 Å². The van der Waals surface area contributed by atoms with Crippen LogP contribution in [0.5, 0.6) is 0 Å². The highest BCUT2D eigenvalue weighted by atomic mass is 14.9. The van der Waals surface area contributed by atoms with E-state index in [1.165, 1.54) is 73.9 Å². The van der Waals surface area contributed by atoms with Crippen LogP contribution >= 0.6 is 0 Å². The van der Waals surface area contributed by atoms with E-state index in [1.54, 1.807) is 0 Å². The van der Waals surface area contributed by atoms with Gasteiger partial charge in [-0.25, -0.2) is 0 Å². The van der Waals surface area contributed by atoms with Crippen LogP contribution in [0.2, 0.25) is 0 Å². The quantitative estimate of drug-likeness (QED) is 0.283. The molecule has 31 heavy (non-hydrogen) atoms. The monoisotopic (exact) mass is 422 g/mol. The number of anilines is 2. The molecule has 0 aromatic heterocycles. The Morgan fingerprint density at radius 3 is 1.29 bits per heavy atom. The van der Waals surface area contributed by atoms with Gasteiger partial charge in [-0.2, -0.15) is 0 Å². The van der Waals surface area contributed by atoms with Gasteiger partial charge >= 0.3 is 0 Å². The molecular formula is C29H46N2. The zero-order valence-corrected chi connectivity index (χ0v) is 20.6. The van der Waals surface area contributed by atoms with Crippen molar-refractivity contribution in [1.29, 1.82) is 0 Å². The van der Waals surface area contributed by atoms with Gasteiger partial charge in [0.15, 0.2) is 0 Å². The molecule has 0 aliphatic rings. The van der Waals surface area contributed by atoms with Crippen molar-refractivity contribution in [3.8, 4) is 0 Å². The molecule has 2 rings (SSSR count). The van der Waals surface area contributed by atoms with Crippen molar-refractivity contribution in [1.82, 2.24) is 0 Å². The van der Waals surface area contributed by atoms with Gasteiger partial charge in [0, 0.05) is 24.5 Å². The maximum Gasteiger partial charge on any atom is 0.0340 e. The predicted octanol–water partition coefficient (Wildman–Crippen LogP) is 8.53. The highest BCUT2D eigenvalue weighted by molar-refractivity contribution is 5.47. The molecule has 2 atom stereocenters. The number of benzene rings is 2. The minimum Gasteiger partial charge on any atom is -0.385 e. The minimum absolute atomic E-state index is 0.783. The summed E-state index contributed by atoms with van der Waals surface area (Å²) in [5.41, 5.74) is 5.23. The molecule has 0 radical (unpaired) electrons. The van der Waals surface area contributed by atoms with E-state index in [1.807, 2.05) is 0 Å². The fourth-order valence-electron chi connectivity index (χ4n) is 4.13. The van der Waals surface area contributed by atoms with Crippen LogP contribution in [-0.4, -0.2) is 13.1 Å². The van der Waals surface area contributed by atoms with Crippen LogP contribution in [0.15, 0.2) is 48.5 Å². The van der Waals surface area contributed by atoms with Gasteiger partial charge in [-0.1, -0.05) is 90.5 Å². The van der Waals surface area contributed by atoms with Crippen molar-refractivity contribution in [3.05, 3.63) is 59.7 Å². The van der Waals surface area contributed by atoms with Crippen LogP contribution in [0, 0.1) is 11.8 Å². The first-order chi connectivity index (χ1) is 15.2. The van der Waals surface area contributed by atoms with Crippen molar-refractivity contribution in [2.45, 2.75) is 85.5 Å².